The van der Waals surface area contributed by atoms with Crippen LogP contribution in [0.2, 0.25) is 0 Å². The predicted octanol–water partition coefficient (Wildman–Crippen LogP) is 0.358. The molecule has 2 rings (SSSR count). The highest BCUT2D eigenvalue weighted by Gasteiger charge is 2.28. The maximum Gasteiger partial charge on any atom is 0.330 e. The minimum absolute atomic E-state index is 0.0551. The molecule has 0 bridgehead atoms. The summed E-state index contributed by atoms with van der Waals surface area (Å²) in [7, 11) is 0. The molecule has 1 N–H and O–H groups in total. The van der Waals surface area contributed by atoms with Crippen LogP contribution in [-0.4, -0.2) is 21.0 Å². The quantitative estimate of drug-likeness (QED) is 0.755. The lowest BCUT2D eigenvalue weighted by Crippen LogP contribution is -2.35. The van der Waals surface area contributed by atoms with Crippen molar-refractivity contribution < 1.29 is 9.13 Å². The Morgan fingerprint density at radius 1 is 1.60 bits per heavy atom. The Labute approximate surface area is 92.0 Å². The van der Waals surface area contributed by atoms with Crippen molar-refractivity contribution in [3.63, 3.8) is 0 Å². The third-order valence-electron chi connectivity index (χ3n) is 2.19. The Kier molecular flexibility index (Phi) is 2.74. The van der Waals surface area contributed by atoms with Crippen molar-refractivity contribution in [3.05, 3.63) is 32.9 Å². The molecule has 1 fully saturated rings. The zero-order valence-corrected chi connectivity index (χ0v) is 9.16. The molecule has 0 saturated carbocycles. The summed E-state index contributed by atoms with van der Waals surface area (Å²) in [5.41, 5.74) is -1.68. The normalized spacial score (nSPS) is 25.7. The Balaban J connectivity index is 2.48. The Hall–Kier alpha value is -0.950. The van der Waals surface area contributed by atoms with E-state index in [9.17, 15) is 14.0 Å². The maximum absolute atomic E-state index is 13.0. The van der Waals surface area contributed by atoms with Gasteiger partial charge in [-0.1, -0.05) is 15.9 Å². The van der Waals surface area contributed by atoms with Crippen molar-refractivity contribution in [2.75, 3.05) is 6.61 Å². The molecule has 7 heteroatoms. The molecule has 5 nitrogen and oxygen atoms in total. The number of nitrogens with zero attached hydrogens (tertiary/aromatic N) is 1. The fourth-order valence-electron chi connectivity index (χ4n) is 1.45. The van der Waals surface area contributed by atoms with E-state index in [0.29, 0.717) is 6.61 Å². The molecular weight excluding hydrogens is 271 g/mol. The van der Waals surface area contributed by atoms with Gasteiger partial charge < -0.3 is 4.74 Å². The number of H-pyrrole nitrogens is 1. The van der Waals surface area contributed by atoms with Gasteiger partial charge in [0.1, 0.15) is 0 Å². The van der Waals surface area contributed by atoms with Gasteiger partial charge in [0.25, 0.3) is 5.56 Å². The summed E-state index contributed by atoms with van der Waals surface area (Å²) in [4.78, 5) is 24.0. The van der Waals surface area contributed by atoms with Crippen LogP contribution in [0.1, 0.15) is 12.6 Å². The summed E-state index contributed by atoms with van der Waals surface area (Å²) < 4.78 is 19.3. The van der Waals surface area contributed by atoms with Crippen molar-refractivity contribution in [1.82, 2.24) is 9.55 Å². The van der Waals surface area contributed by atoms with E-state index in [2.05, 4.69) is 15.9 Å². The van der Waals surface area contributed by atoms with Gasteiger partial charge in [-0.2, -0.15) is 4.39 Å². The van der Waals surface area contributed by atoms with Crippen LogP contribution in [0, 0.1) is 5.82 Å². The zero-order valence-electron chi connectivity index (χ0n) is 7.57. The molecule has 0 radical (unpaired) electrons. The van der Waals surface area contributed by atoms with E-state index in [4.69, 9.17) is 4.74 Å². The van der Waals surface area contributed by atoms with E-state index >= 15 is 0 Å². The fourth-order valence-corrected chi connectivity index (χ4v) is 2.05. The van der Waals surface area contributed by atoms with Crippen LogP contribution in [0.4, 0.5) is 4.39 Å². The average Bonchev–Trinajstić information content (AvgIpc) is 2.58. The van der Waals surface area contributed by atoms with E-state index in [1.165, 1.54) is 0 Å². The van der Waals surface area contributed by atoms with E-state index in [1.54, 1.807) is 0 Å². The molecule has 0 spiro atoms. The lowest BCUT2D eigenvalue weighted by molar-refractivity contribution is 0.0549. The highest BCUT2D eigenvalue weighted by molar-refractivity contribution is 9.09. The van der Waals surface area contributed by atoms with Gasteiger partial charge in [0.05, 0.1) is 17.6 Å². The fraction of sp³-hybridized carbons (Fsp3) is 0.500. The van der Waals surface area contributed by atoms with Crippen LogP contribution in [0.25, 0.3) is 0 Å². The molecule has 1 aromatic heterocycles. The number of ether oxygens (including phenoxy) is 1. The Morgan fingerprint density at radius 3 is 2.93 bits per heavy atom. The van der Waals surface area contributed by atoms with Crippen molar-refractivity contribution in [2.45, 2.75) is 17.5 Å². The smallest absolute Gasteiger partial charge is 0.330 e. The molecule has 1 aliphatic heterocycles. The molecule has 0 aromatic carbocycles. The third-order valence-corrected chi connectivity index (χ3v) is 3.10. The molecule has 1 aromatic rings. The number of aromatic amines is 1. The first-order valence-corrected chi connectivity index (χ1v) is 5.28. The first-order valence-electron chi connectivity index (χ1n) is 4.36. The Bertz CT molecular complexity index is 484. The molecule has 0 aliphatic carbocycles. The van der Waals surface area contributed by atoms with Crippen molar-refractivity contribution in [1.29, 1.82) is 0 Å². The predicted molar refractivity (Wildman–Crippen MR) is 53.6 cm³/mol. The highest BCUT2D eigenvalue weighted by atomic mass is 79.9. The van der Waals surface area contributed by atoms with E-state index in [-0.39, 0.29) is 4.83 Å². The lowest BCUT2D eigenvalue weighted by Gasteiger charge is -2.15. The zero-order chi connectivity index (χ0) is 11.0. The van der Waals surface area contributed by atoms with Crippen LogP contribution in [0.5, 0.6) is 0 Å². The second-order valence-corrected chi connectivity index (χ2v) is 4.39. The number of halogens is 2. The number of aromatic nitrogens is 2. The molecular formula is C8H8BrFN2O3. The minimum atomic E-state index is -1.01. The van der Waals surface area contributed by atoms with Gasteiger partial charge in [-0.25, -0.2) is 4.79 Å². The molecule has 1 aliphatic rings. The van der Waals surface area contributed by atoms with E-state index < -0.39 is 23.3 Å². The second-order valence-electron chi connectivity index (χ2n) is 3.21. The molecule has 15 heavy (non-hydrogen) atoms. The standard InChI is InChI=1S/C8H8BrFN2O3/c9-4-1-2-15-7(4)12-3-5(10)6(13)11-8(12)14/h3-4,7H,1-2H2,(H,11,13,14)/t4-,7-/m1/s1. The van der Waals surface area contributed by atoms with Gasteiger partial charge in [0.15, 0.2) is 6.23 Å². The van der Waals surface area contributed by atoms with Crippen LogP contribution in [0.3, 0.4) is 0 Å². The molecule has 2 heterocycles. The van der Waals surface area contributed by atoms with Crippen molar-refractivity contribution >= 4 is 15.9 Å². The molecule has 82 valence electrons. The summed E-state index contributed by atoms with van der Waals surface area (Å²) >= 11 is 3.32. The van der Waals surface area contributed by atoms with Crippen LogP contribution in [-0.2, 0) is 4.74 Å². The summed E-state index contributed by atoms with van der Waals surface area (Å²) in [6.07, 6.45) is 1.03. The summed E-state index contributed by atoms with van der Waals surface area (Å²) in [6, 6.07) is 0. The lowest BCUT2D eigenvalue weighted by atomic mass is 10.3. The summed E-state index contributed by atoms with van der Waals surface area (Å²) in [6.45, 7) is 0.494. The number of alkyl halides is 1. The van der Waals surface area contributed by atoms with Crippen molar-refractivity contribution in [2.24, 2.45) is 0 Å². The van der Waals surface area contributed by atoms with Crippen LogP contribution < -0.4 is 11.2 Å². The minimum Gasteiger partial charge on any atom is -0.357 e. The first kappa shape index (κ1) is 10.6. The van der Waals surface area contributed by atoms with Gasteiger partial charge in [-0.15, -0.1) is 0 Å². The van der Waals surface area contributed by atoms with Gasteiger partial charge in [-0.3, -0.25) is 14.3 Å². The van der Waals surface area contributed by atoms with Crippen molar-refractivity contribution in [3.8, 4) is 0 Å². The second kappa shape index (κ2) is 3.90. The molecule has 2 atom stereocenters. The highest BCUT2D eigenvalue weighted by Crippen LogP contribution is 2.28. The monoisotopic (exact) mass is 278 g/mol. The van der Waals surface area contributed by atoms with E-state index in [0.717, 1.165) is 17.2 Å². The number of hydrogen-bond donors (Lipinski definition) is 1. The third kappa shape index (κ3) is 1.89. The van der Waals surface area contributed by atoms with Gasteiger partial charge >= 0.3 is 5.69 Å². The average molecular weight is 279 g/mol. The first-order chi connectivity index (χ1) is 7.09. The van der Waals surface area contributed by atoms with E-state index in [1.807, 2.05) is 4.98 Å². The van der Waals surface area contributed by atoms with Gasteiger partial charge in [0, 0.05) is 0 Å². The molecule has 0 amide bonds. The summed E-state index contributed by atoms with van der Waals surface area (Å²) in [5.74, 6) is -0.996. The largest absolute Gasteiger partial charge is 0.357 e. The van der Waals surface area contributed by atoms with Crippen LogP contribution >= 0.6 is 15.9 Å². The van der Waals surface area contributed by atoms with Gasteiger partial charge in [0.2, 0.25) is 5.82 Å². The molecule has 0 unspecified atom stereocenters. The Morgan fingerprint density at radius 2 is 2.33 bits per heavy atom. The van der Waals surface area contributed by atoms with Gasteiger partial charge in [-0.05, 0) is 6.42 Å². The molecule has 1 saturated heterocycles. The number of nitrogens with one attached hydrogen (secondary N) is 1. The maximum atomic E-state index is 13.0. The number of rotatable bonds is 1. The summed E-state index contributed by atoms with van der Waals surface area (Å²) in [5, 5.41) is 0. The topological polar surface area (TPSA) is 64.1 Å². The van der Waals surface area contributed by atoms with Crippen LogP contribution in [0.15, 0.2) is 15.8 Å². The SMILES string of the molecule is O=c1[nH]c(=O)n([C@@H]2OCC[C@H]2Br)cc1F. The number of hydrogen-bond acceptors (Lipinski definition) is 3.